The van der Waals surface area contributed by atoms with Crippen molar-refractivity contribution in [2.45, 2.75) is 19.8 Å². The van der Waals surface area contributed by atoms with Crippen LogP contribution < -0.4 is 0 Å². The molecule has 80 valence electrons. The van der Waals surface area contributed by atoms with E-state index in [-0.39, 0.29) is 12.8 Å². The second kappa shape index (κ2) is 6.88. The van der Waals surface area contributed by atoms with Gasteiger partial charge in [0.15, 0.2) is 0 Å². The number of hydrogen-bond acceptors (Lipinski definition) is 6. The number of carbonyl (C=O) groups excluding carboxylic acids is 3. The summed E-state index contributed by atoms with van der Waals surface area (Å²) < 4.78 is 13.1. The van der Waals surface area contributed by atoms with Crippen LogP contribution in [0.5, 0.6) is 0 Å². The van der Waals surface area contributed by atoms with Crippen LogP contribution in [0.4, 0.5) is 0 Å². The van der Waals surface area contributed by atoms with E-state index in [0.717, 1.165) is 0 Å². The Kier molecular flexibility index (Phi) is 6.09. The van der Waals surface area contributed by atoms with Gasteiger partial charge in [0.05, 0.1) is 20.0 Å². The molecule has 0 aromatic rings. The van der Waals surface area contributed by atoms with Gasteiger partial charge in [-0.15, -0.1) is 0 Å². The Hall–Kier alpha value is -1.59. The maximum absolute atomic E-state index is 10.8. The van der Waals surface area contributed by atoms with Crippen molar-refractivity contribution in [3.05, 3.63) is 0 Å². The van der Waals surface area contributed by atoms with Crippen LogP contribution in [0.1, 0.15) is 19.8 Å². The molecule has 14 heavy (non-hydrogen) atoms. The maximum Gasteiger partial charge on any atom is 0.309 e. The highest BCUT2D eigenvalue weighted by molar-refractivity contribution is 5.77. The topological polar surface area (TPSA) is 78.9 Å². The highest BCUT2D eigenvalue weighted by atomic mass is 16.7. The molecule has 0 amide bonds. The molecule has 0 saturated heterocycles. The van der Waals surface area contributed by atoms with Crippen molar-refractivity contribution in [1.29, 1.82) is 0 Å². The molecule has 0 heterocycles. The molecule has 0 fully saturated rings. The minimum Gasteiger partial charge on any atom is -0.469 e. The Labute approximate surface area is 81.1 Å². The van der Waals surface area contributed by atoms with Crippen molar-refractivity contribution >= 4 is 17.9 Å². The molecule has 0 bridgehead atoms. The van der Waals surface area contributed by atoms with E-state index in [9.17, 15) is 14.4 Å². The predicted octanol–water partition coefficient (Wildman–Crippen LogP) is 0.00340. The molecule has 0 aliphatic carbocycles. The van der Waals surface area contributed by atoms with Gasteiger partial charge in [-0.1, -0.05) is 0 Å². The summed E-state index contributed by atoms with van der Waals surface area (Å²) in [6.45, 7) is 0.775. The summed E-state index contributed by atoms with van der Waals surface area (Å²) in [6.07, 6.45) is -0.136. The average Bonchev–Trinajstić information content (AvgIpc) is 2.13. The largest absolute Gasteiger partial charge is 0.469 e. The molecule has 0 unspecified atom stereocenters. The van der Waals surface area contributed by atoms with Gasteiger partial charge in [-0.2, -0.15) is 0 Å². The van der Waals surface area contributed by atoms with Crippen molar-refractivity contribution in [2.75, 3.05) is 13.9 Å². The lowest BCUT2D eigenvalue weighted by atomic mass is 10.3. The van der Waals surface area contributed by atoms with E-state index in [1.165, 1.54) is 14.0 Å². The van der Waals surface area contributed by atoms with Crippen molar-refractivity contribution in [1.82, 2.24) is 0 Å². The molecule has 0 aliphatic heterocycles. The molecule has 0 rings (SSSR count). The molecule has 0 spiro atoms. The van der Waals surface area contributed by atoms with Gasteiger partial charge in [0.1, 0.15) is 0 Å². The van der Waals surface area contributed by atoms with Crippen molar-refractivity contribution in [2.24, 2.45) is 0 Å². The first-order chi connectivity index (χ1) is 6.56. The van der Waals surface area contributed by atoms with Crippen LogP contribution in [0.3, 0.4) is 0 Å². The lowest BCUT2D eigenvalue weighted by molar-refractivity contribution is -0.166. The summed E-state index contributed by atoms with van der Waals surface area (Å²) in [6, 6.07) is 0. The number of rotatable bonds is 5. The standard InChI is InChI=1S/C8H12O6/c1-6(9)13-5-14-8(11)4-3-7(10)12-2/h3-5H2,1-2H3. The van der Waals surface area contributed by atoms with Crippen LogP contribution in [-0.4, -0.2) is 31.8 Å². The third-order valence-corrected chi connectivity index (χ3v) is 1.24. The summed E-state index contributed by atoms with van der Waals surface area (Å²) >= 11 is 0. The van der Waals surface area contributed by atoms with E-state index >= 15 is 0 Å². The number of carbonyl (C=O) groups is 3. The van der Waals surface area contributed by atoms with Crippen LogP contribution in [0.15, 0.2) is 0 Å². The van der Waals surface area contributed by atoms with Crippen LogP contribution in [0, 0.1) is 0 Å². The van der Waals surface area contributed by atoms with E-state index < -0.39 is 24.7 Å². The first-order valence-electron chi connectivity index (χ1n) is 3.92. The van der Waals surface area contributed by atoms with Crippen LogP contribution in [-0.2, 0) is 28.6 Å². The van der Waals surface area contributed by atoms with E-state index in [4.69, 9.17) is 0 Å². The minimum absolute atomic E-state index is 0.0462. The van der Waals surface area contributed by atoms with Gasteiger partial charge in [-0.25, -0.2) is 0 Å². The van der Waals surface area contributed by atoms with Gasteiger partial charge in [0.2, 0.25) is 6.79 Å². The molecule has 0 aromatic carbocycles. The highest BCUT2D eigenvalue weighted by Crippen LogP contribution is 1.95. The molecule has 0 saturated carbocycles. The van der Waals surface area contributed by atoms with Crippen LogP contribution in [0.25, 0.3) is 0 Å². The Balaban J connectivity index is 3.46. The lowest BCUT2D eigenvalue weighted by Crippen LogP contribution is -2.12. The van der Waals surface area contributed by atoms with Gasteiger partial charge in [0.25, 0.3) is 0 Å². The SMILES string of the molecule is COC(=O)CCC(=O)OCOC(C)=O. The second-order valence-corrected chi connectivity index (χ2v) is 2.35. The fourth-order valence-corrected chi connectivity index (χ4v) is 0.557. The highest BCUT2D eigenvalue weighted by Gasteiger charge is 2.07. The summed E-state index contributed by atoms with van der Waals surface area (Å²) in [4.78, 5) is 31.7. The van der Waals surface area contributed by atoms with Crippen LogP contribution >= 0.6 is 0 Å². The van der Waals surface area contributed by atoms with E-state index in [0.29, 0.717) is 0 Å². The summed E-state index contributed by atoms with van der Waals surface area (Å²) in [7, 11) is 1.23. The average molecular weight is 204 g/mol. The summed E-state index contributed by atoms with van der Waals surface area (Å²) in [5.74, 6) is -1.64. The van der Waals surface area contributed by atoms with Gasteiger partial charge >= 0.3 is 17.9 Å². The predicted molar refractivity (Wildman–Crippen MR) is 44.0 cm³/mol. The number of methoxy groups -OCH3 is 1. The zero-order valence-electron chi connectivity index (χ0n) is 8.07. The Morgan fingerprint density at radius 2 is 1.57 bits per heavy atom. The lowest BCUT2D eigenvalue weighted by Gasteiger charge is -2.03. The summed E-state index contributed by atoms with van der Waals surface area (Å²) in [5, 5.41) is 0. The van der Waals surface area contributed by atoms with Crippen LogP contribution in [0.2, 0.25) is 0 Å². The number of esters is 3. The number of hydrogen-bond donors (Lipinski definition) is 0. The van der Waals surface area contributed by atoms with Gasteiger partial charge < -0.3 is 14.2 Å². The molecule has 0 aromatic heterocycles. The molecular weight excluding hydrogens is 192 g/mol. The first-order valence-corrected chi connectivity index (χ1v) is 3.92. The molecular formula is C8H12O6. The van der Waals surface area contributed by atoms with Crippen molar-refractivity contribution < 1.29 is 28.6 Å². The quantitative estimate of drug-likeness (QED) is 0.463. The van der Waals surface area contributed by atoms with E-state index in [1.807, 2.05) is 0 Å². The molecule has 0 aliphatic rings. The van der Waals surface area contributed by atoms with E-state index in [2.05, 4.69) is 14.2 Å². The maximum atomic E-state index is 10.8. The van der Waals surface area contributed by atoms with Gasteiger partial charge in [-0.3, -0.25) is 14.4 Å². The zero-order valence-corrected chi connectivity index (χ0v) is 8.07. The monoisotopic (exact) mass is 204 g/mol. The van der Waals surface area contributed by atoms with E-state index in [1.54, 1.807) is 0 Å². The normalized spacial score (nSPS) is 9.00. The van der Waals surface area contributed by atoms with Gasteiger partial charge in [0, 0.05) is 6.92 Å². The summed E-state index contributed by atoms with van der Waals surface area (Å²) in [5.41, 5.74) is 0. The molecule has 6 nitrogen and oxygen atoms in total. The Morgan fingerprint density at radius 1 is 1.00 bits per heavy atom. The second-order valence-electron chi connectivity index (χ2n) is 2.35. The smallest absolute Gasteiger partial charge is 0.309 e. The van der Waals surface area contributed by atoms with Crippen molar-refractivity contribution in [3.8, 4) is 0 Å². The molecule has 6 heteroatoms. The first kappa shape index (κ1) is 12.4. The molecule has 0 N–H and O–H groups in total. The minimum atomic E-state index is -0.614. The third-order valence-electron chi connectivity index (χ3n) is 1.24. The molecule has 0 radical (unpaired) electrons. The molecule has 0 atom stereocenters. The number of ether oxygens (including phenoxy) is 3. The van der Waals surface area contributed by atoms with Gasteiger partial charge in [-0.05, 0) is 0 Å². The zero-order chi connectivity index (χ0) is 11.0. The Morgan fingerprint density at radius 3 is 2.07 bits per heavy atom. The third kappa shape index (κ3) is 7.08. The van der Waals surface area contributed by atoms with Crippen molar-refractivity contribution in [3.63, 3.8) is 0 Å². The fourth-order valence-electron chi connectivity index (χ4n) is 0.557. The Bertz CT molecular complexity index is 222. The fraction of sp³-hybridized carbons (Fsp3) is 0.625.